The van der Waals surface area contributed by atoms with E-state index in [2.05, 4.69) is 23.7 Å². The van der Waals surface area contributed by atoms with Crippen molar-refractivity contribution < 1.29 is 4.58 Å². The average molecular weight is 189 g/mol. The van der Waals surface area contributed by atoms with E-state index in [1.807, 2.05) is 50.1 Å². The number of nitrogens with one attached hydrogen (secondary N) is 1. The van der Waals surface area contributed by atoms with Crippen LogP contribution in [-0.4, -0.2) is 31.9 Å². The Morgan fingerprint density at radius 3 is 2.36 bits per heavy atom. The zero-order chi connectivity index (χ0) is 10.4. The van der Waals surface area contributed by atoms with E-state index < -0.39 is 0 Å². The van der Waals surface area contributed by atoms with Crippen molar-refractivity contribution in [3.05, 3.63) is 42.1 Å². The van der Waals surface area contributed by atoms with Crippen molar-refractivity contribution in [3.63, 3.8) is 0 Å². The highest BCUT2D eigenvalue weighted by Gasteiger charge is 2.00. The van der Waals surface area contributed by atoms with Crippen molar-refractivity contribution in [2.45, 2.75) is 0 Å². The van der Waals surface area contributed by atoms with Crippen LogP contribution in [0.25, 0.3) is 5.57 Å². The minimum atomic E-state index is 1.18. The van der Waals surface area contributed by atoms with Crippen molar-refractivity contribution in [2.24, 2.45) is 0 Å². The van der Waals surface area contributed by atoms with Gasteiger partial charge in [0, 0.05) is 13.2 Å². The first-order valence-corrected chi connectivity index (χ1v) is 4.68. The molecule has 2 heteroatoms. The molecule has 0 heterocycles. The maximum absolute atomic E-state index is 3.05. The molecule has 1 N–H and O–H groups in total. The molecule has 0 saturated carbocycles. The van der Waals surface area contributed by atoms with E-state index in [-0.39, 0.29) is 0 Å². The molecule has 1 aromatic carbocycles. The van der Waals surface area contributed by atoms with E-state index in [1.54, 1.807) is 0 Å². The van der Waals surface area contributed by atoms with Gasteiger partial charge in [0.25, 0.3) is 0 Å². The Hall–Kier alpha value is -1.57. The number of allylic oxidation sites excluding steroid dienone is 1. The summed E-state index contributed by atoms with van der Waals surface area (Å²) < 4.78 is 2.04. The van der Waals surface area contributed by atoms with E-state index in [9.17, 15) is 0 Å². The Bertz CT molecular complexity index is 333. The third-order valence-corrected chi connectivity index (χ3v) is 1.80. The molecular weight excluding hydrogens is 172 g/mol. The van der Waals surface area contributed by atoms with Gasteiger partial charge in [-0.15, -0.1) is 0 Å². The van der Waals surface area contributed by atoms with Crippen molar-refractivity contribution in [1.82, 2.24) is 5.32 Å². The summed E-state index contributed by atoms with van der Waals surface area (Å²) in [6.45, 7) is 0. The van der Waals surface area contributed by atoms with Crippen LogP contribution in [0, 0.1) is 0 Å². The SMILES string of the molecule is CN/C=C(/C=[N+](C)C)c1ccccc1. The number of rotatable bonds is 3. The lowest BCUT2D eigenvalue weighted by atomic mass is 10.1. The van der Waals surface area contributed by atoms with Crippen LogP contribution >= 0.6 is 0 Å². The number of nitrogens with zero attached hydrogens (tertiary/aromatic N) is 1. The van der Waals surface area contributed by atoms with Gasteiger partial charge in [-0.05, 0) is 5.56 Å². The Morgan fingerprint density at radius 2 is 1.86 bits per heavy atom. The van der Waals surface area contributed by atoms with Crippen LogP contribution in [0.4, 0.5) is 0 Å². The lowest BCUT2D eigenvalue weighted by Crippen LogP contribution is -2.04. The van der Waals surface area contributed by atoms with Crippen molar-refractivity contribution in [1.29, 1.82) is 0 Å². The summed E-state index contributed by atoms with van der Waals surface area (Å²) in [4.78, 5) is 0. The highest BCUT2D eigenvalue weighted by atomic mass is 14.9. The van der Waals surface area contributed by atoms with Gasteiger partial charge in [-0.3, -0.25) is 0 Å². The number of benzene rings is 1. The second-order valence-corrected chi connectivity index (χ2v) is 3.35. The zero-order valence-corrected chi connectivity index (χ0v) is 8.99. The largest absolute Gasteiger partial charge is 0.393 e. The van der Waals surface area contributed by atoms with E-state index in [0.29, 0.717) is 0 Å². The van der Waals surface area contributed by atoms with Crippen LogP contribution in [0.3, 0.4) is 0 Å². The first-order chi connectivity index (χ1) is 6.74. The van der Waals surface area contributed by atoms with Gasteiger partial charge in [0.05, 0.1) is 5.57 Å². The second kappa shape index (κ2) is 5.22. The second-order valence-electron chi connectivity index (χ2n) is 3.35. The smallest absolute Gasteiger partial charge is 0.172 e. The molecule has 0 atom stereocenters. The third kappa shape index (κ3) is 3.05. The molecule has 0 aliphatic heterocycles. The predicted molar refractivity (Wildman–Crippen MR) is 61.7 cm³/mol. The summed E-state index contributed by atoms with van der Waals surface area (Å²) in [7, 11) is 5.95. The van der Waals surface area contributed by atoms with Crippen LogP contribution in [0.15, 0.2) is 36.5 Å². The Morgan fingerprint density at radius 1 is 1.21 bits per heavy atom. The maximum Gasteiger partial charge on any atom is 0.172 e. The van der Waals surface area contributed by atoms with E-state index in [0.717, 1.165) is 0 Å². The van der Waals surface area contributed by atoms with Gasteiger partial charge < -0.3 is 5.32 Å². The fourth-order valence-corrected chi connectivity index (χ4v) is 1.26. The van der Waals surface area contributed by atoms with Gasteiger partial charge in [-0.1, -0.05) is 30.3 Å². The zero-order valence-electron chi connectivity index (χ0n) is 8.99. The molecule has 74 valence electrons. The first kappa shape index (κ1) is 10.5. The molecule has 2 nitrogen and oxygen atoms in total. The topological polar surface area (TPSA) is 15.0 Å². The van der Waals surface area contributed by atoms with Crippen molar-refractivity contribution in [2.75, 3.05) is 21.1 Å². The van der Waals surface area contributed by atoms with Crippen molar-refractivity contribution in [3.8, 4) is 0 Å². The molecule has 0 aliphatic carbocycles. The summed E-state index contributed by atoms with van der Waals surface area (Å²) in [5, 5.41) is 3.05. The molecule has 0 aromatic heterocycles. The molecule has 1 rings (SSSR count). The number of hydrogen-bond donors (Lipinski definition) is 1. The highest BCUT2D eigenvalue weighted by molar-refractivity contribution is 6.07. The van der Waals surface area contributed by atoms with Crippen LogP contribution in [0.1, 0.15) is 5.56 Å². The fraction of sp³-hybridized carbons (Fsp3) is 0.250. The Balaban J connectivity index is 3.02. The monoisotopic (exact) mass is 189 g/mol. The van der Waals surface area contributed by atoms with Crippen LogP contribution < -0.4 is 5.32 Å². The Kier molecular flexibility index (Phi) is 3.92. The first-order valence-electron chi connectivity index (χ1n) is 4.68. The van der Waals surface area contributed by atoms with Gasteiger partial charge in [-0.25, -0.2) is 4.58 Å². The third-order valence-electron chi connectivity index (χ3n) is 1.80. The van der Waals surface area contributed by atoms with Gasteiger partial charge in [0.15, 0.2) is 6.21 Å². The molecule has 0 amide bonds. The lowest BCUT2D eigenvalue weighted by molar-refractivity contribution is -0.458. The van der Waals surface area contributed by atoms with E-state index in [1.165, 1.54) is 11.1 Å². The summed E-state index contributed by atoms with van der Waals surface area (Å²) in [6, 6.07) is 10.3. The van der Waals surface area contributed by atoms with Gasteiger partial charge in [-0.2, -0.15) is 0 Å². The minimum Gasteiger partial charge on any atom is -0.393 e. The Labute approximate surface area is 85.6 Å². The summed E-state index contributed by atoms with van der Waals surface area (Å²) in [5.74, 6) is 0. The standard InChI is InChI=1S/C12H16N2/c1-13-9-12(10-14(2)3)11-7-5-4-6-8-11/h4-10H,1-3H3/p+1. The summed E-state index contributed by atoms with van der Waals surface area (Å²) in [5.41, 5.74) is 2.40. The van der Waals surface area contributed by atoms with E-state index >= 15 is 0 Å². The summed E-state index contributed by atoms with van der Waals surface area (Å²) >= 11 is 0. The molecule has 0 bridgehead atoms. The predicted octanol–water partition coefficient (Wildman–Crippen LogP) is 1.59. The van der Waals surface area contributed by atoms with Gasteiger partial charge in [0.1, 0.15) is 14.1 Å². The summed E-state index contributed by atoms with van der Waals surface area (Å²) in [6.07, 6.45) is 4.08. The van der Waals surface area contributed by atoms with Crippen molar-refractivity contribution >= 4 is 11.8 Å². The van der Waals surface area contributed by atoms with E-state index in [4.69, 9.17) is 0 Å². The maximum atomic E-state index is 3.05. The fourth-order valence-electron chi connectivity index (χ4n) is 1.26. The molecule has 1 aromatic rings. The minimum absolute atomic E-state index is 1.18. The van der Waals surface area contributed by atoms with Gasteiger partial charge >= 0.3 is 0 Å². The highest BCUT2D eigenvalue weighted by Crippen LogP contribution is 2.10. The molecular formula is C12H17N2+. The molecule has 0 radical (unpaired) electrons. The van der Waals surface area contributed by atoms with Crippen LogP contribution in [0.2, 0.25) is 0 Å². The average Bonchev–Trinajstić information content (AvgIpc) is 2.18. The van der Waals surface area contributed by atoms with Crippen LogP contribution in [0.5, 0.6) is 0 Å². The quantitative estimate of drug-likeness (QED) is 0.563. The van der Waals surface area contributed by atoms with Gasteiger partial charge in [0.2, 0.25) is 0 Å². The molecule has 0 aliphatic rings. The molecule has 14 heavy (non-hydrogen) atoms. The lowest BCUT2D eigenvalue weighted by Gasteiger charge is -2.00. The molecule has 0 spiro atoms. The molecule has 0 saturated heterocycles. The molecule has 0 unspecified atom stereocenters. The number of hydrogen-bond acceptors (Lipinski definition) is 1. The molecule has 0 fully saturated rings. The normalized spacial score (nSPS) is 10.9. The van der Waals surface area contributed by atoms with Crippen LogP contribution in [-0.2, 0) is 0 Å².